The highest BCUT2D eigenvalue weighted by atomic mass is 35.5. The molecule has 3 aromatic carbocycles. The van der Waals surface area contributed by atoms with E-state index in [0.717, 1.165) is 30.9 Å². The molecule has 0 spiro atoms. The largest absolute Gasteiger partial charge is 0.423 e. The van der Waals surface area contributed by atoms with E-state index in [4.69, 9.17) is 16.3 Å². The van der Waals surface area contributed by atoms with Gasteiger partial charge in [-0.1, -0.05) is 61.0 Å². The fourth-order valence-electron chi connectivity index (χ4n) is 4.80. The zero-order chi connectivity index (χ0) is 23.4. The van der Waals surface area contributed by atoms with E-state index >= 15 is 0 Å². The van der Waals surface area contributed by atoms with Crippen molar-refractivity contribution in [2.45, 2.75) is 50.9 Å². The third-order valence-electron chi connectivity index (χ3n) is 6.69. The number of halogens is 3. The Morgan fingerprint density at radius 2 is 1.58 bits per heavy atom. The van der Waals surface area contributed by atoms with Gasteiger partial charge in [0, 0.05) is 12.1 Å². The second-order valence-corrected chi connectivity index (χ2v) is 9.36. The Morgan fingerprint density at radius 3 is 2.18 bits per heavy atom. The van der Waals surface area contributed by atoms with Gasteiger partial charge in [0.1, 0.15) is 22.4 Å². The Kier molecular flexibility index (Phi) is 7.44. The van der Waals surface area contributed by atoms with Crippen LogP contribution in [0.2, 0.25) is 5.02 Å². The molecule has 0 bridgehead atoms. The van der Waals surface area contributed by atoms with Crippen molar-refractivity contribution in [1.29, 1.82) is 0 Å². The minimum Gasteiger partial charge on any atom is -0.423 e. The molecular formula is C28H27ClF2O2. The van der Waals surface area contributed by atoms with Crippen LogP contribution in [0.25, 0.3) is 0 Å². The summed E-state index contributed by atoms with van der Waals surface area (Å²) >= 11 is 5.47. The first-order valence-corrected chi connectivity index (χ1v) is 11.8. The van der Waals surface area contributed by atoms with Crippen LogP contribution in [0.15, 0.2) is 66.7 Å². The van der Waals surface area contributed by atoms with Crippen molar-refractivity contribution in [3.63, 3.8) is 0 Å². The number of carbonyl (C=O) groups is 1. The molecule has 2 nitrogen and oxygen atoms in total. The van der Waals surface area contributed by atoms with Crippen molar-refractivity contribution in [1.82, 2.24) is 0 Å². The smallest absolute Gasteiger partial charge is 0.343 e. The van der Waals surface area contributed by atoms with Gasteiger partial charge in [-0.05, 0) is 73.1 Å². The molecule has 5 heteroatoms. The lowest BCUT2D eigenvalue weighted by Crippen LogP contribution is -2.15. The number of esters is 1. The summed E-state index contributed by atoms with van der Waals surface area (Å²) in [6.07, 6.45) is 5.91. The lowest BCUT2D eigenvalue weighted by Gasteiger charge is -2.30. The topological polar surface area (TPSA) is 26.3 Å². The zero-order valence-corrected chi connectivity index (χ0v) is 19.3. The van der Waals surface area contributed by atoms with Crippen molar-refractivity contribution in [2.24, 2.45) is 5.92 Å². The maximum Gasteiger partial charge on any atom is 0.343 e. The van der Waals surface area contributed by atoms with Gasteiger partial charge in [0.15, 0.2) is 0 Å². The van der Waals surface area contributed by atoms with Crippen LogP contribution in [0.3, 0.4) is 0 Å². The Hall–Kier alpha value is -2.72. The van der Waals surface area contributed by atoms with Crippen LogP contribution < -0.4 is 4.74 Å². The molecule has 3 aromatic rings. The van der Waals surface area contributed by atoms with Crippen LogP contribution in [-0.2, 0) is 0 Å². The molecule has 172 valence electrons. The quantitative estimate of drug-likeness (QED) is 0.206. The standard InChI is InChI=1S/C28H27ClF2O2/c1-18(20-5-3-2-4-6-20)15-19-7-9-21(10-8-19)22-11-13-23(14-12-22)28(32)33-24-16-25(30)27(29)26(31)17-24/h2-6,11-14,16-19,21H,7-10,15H2,1H3/t18-,19?,21?/m1/s1. The average molecular weight is 469 g/mol. The summed E-state index contributed by atoms with van der Waals surface area (Å²) in [6.45, 7) is 2.31. The lowest BCUT2D eigenvalue weighted by atomic mass is 9.75. The van der Waals surface area contributed by atoms with Crippen molar-refractivity contribution >= 4 is 17.6 Å². The Balaban J connectivity index is 1.31. The molecule has 1 fully saturated rings. The predicted molar refractivity (Wildman–Crippen MR) is 127 cm³/mol. The van der Waals surface area contributed by atoms with Crippen LogP contribution in [0.5, 0.6) is 5.75 Å². The highest BCUT2D eigenvalue weighted by Crippen LogP contribution is 2.39. The summed E-state index contributed by atoms with van der Waals surface area (Å²) in [4.78, 5) is 12.4. The third-order valence-corrected chi connectivity index (χ3v) is 7.05. The van der Waals surface area contributed by atoms with E-state index in [1.165, 1.54) is 30.4 Å². The molecular weight excluding hydrogens is 442 g/mol. The van der Waals surface area contributed by atoms with E-state index in [2.05, 4.69) is 37.3 Å². The normalized spacial score (nSPS) is 19.2. The number of benzene rings is 3. The number of hydrogen-bond acceptors (Lipinski definition) is 2. The SMILES string of the molecule is C[C@H](CC1CCC(c2ccc(C(=O)Oc3cc(F)c(Cl)c(F)c3)cc2)CC1)c1ccccc1. The van der Waals surface area contributed by atoms with Crippen LogP contribution >= 0.6 is 11.6 Å². The van der Waals surface area contributed by atoms with Crippen LogP contribution in [-0.4, -0.2) is 5.97 Å². The molecule has 1 aliphatic carbocycles. The molecule has 0 heterocycles. The van der Waals surface area contributed by atoms with Gasteiger partial charge < -0.3 is 4.74 Å². The monoisotopic (exact) mass is 468 g/mol. The predicted octanol–water partition coefficient (Wildman–Crippen LogP) is 8.31. The van der Waals surface area contributed by atoms with E-state index in [1.807, 2.05) is 12.1 Å². The Morgan fingerprint density at radius 1 is 0.970 bits per heavy atom. The maximum absolute atomic E-state index is 13.6. The number of ether oxygens (including phenoxy) is 1. The van der Waals surface area contributed by atoms with Crippen molar-refractivity contribution < 1.29 is 18.3 Å². The Labute approximate surface area is 198 Å². The van der Waals surface area contributed by atoms with Gasteiger partial charge in [0.25, 0.3) is 0 Å². The first kappa shape index (κ1) is 23.4. The van der Waals surface area contributed by atoms with Crippen LogP contribution in [0.1, 0.15) is 72.3 Å². The average Bonchev–Trinajstić information content (AvgIpc) is 2.83. The fourth-order valence-corrected chi connectivity index (χ4v) is 4.91. The molecule has 0 unspecified atom stereocenters. The van der Waals surface area contributed by atoms with E-state index in [9.17, 15) is 13.6 Å². The van der Waals surface area contributed by atoms with Gasteiger partial charge in [-0.25, -0.2) is 13.6 Å². The fraction of sp³-hybridized carbons (Fsp3) is 0.321. The highest BCUT2D eigenvalue weighted by Gasteiger charge is 2.24. The van der Waals surface area contributed by atoms with Crippen molar-refractivity contribution in [2.75, 3.05) is 0 Å². The molecule has 0 aromatic heterocycles. The minimum atomic E-state index is -0.969. The summed E-state index contributed by atoms with van der Waals surface area (Å²) in [7, 11) is 0. The molecule has 1 saturated carbocycles. The molecule has 1 atom stereocenters. The van der Waals surface area contributed by atoms with E-state index in [-0.39, 0.29) is 5.75 Å². The van der Waals surface area contributed by atoms with E-state index < -0.39 is 22.6 Å². The van der Waals surface area contributed by atoms with Gasteiger partial charge >= 0.3 is 5.97 Å². The zero-order valence-electron chi connectivity index (χ0n) is 18.6. The second-order valence-electron chi connectivity index (χ2n) is 8.98. The van der Waals surface area contributed by atoms with Gasteiger partial charge in [-0.15, -0.1) is 0 Å². The summed E-state index contributed by atoms with van der Waals surface area (Å²) in [5, 5.41) is -0.622. The van der Waals surface area contributed by atoms with Gasteiger partial charge in [-0.3, -0.25) is 0 Å². The first-order valence-electron chi connectivity index (χ1n) is 11.4. The van der Waals surface area contributed by atoms with Crippen molar-refractivity contribution in [3.8, 4) is 5.75 Å². The molecule has 0 N–H and O–H groups in total. The van der Waals surface area contributed by atoms with Gasteiger partial charge in [0.2, 0.25) is 0 Å². The minimum absolute atomic E-state index is 0.216. The first-order chi connectivity index (χ1) is 15.9. The van der Waals surface area contributed by atoms with Crippen molar-refractivity contribution in [3.05, 3.63) is 100 Å². The summed E-state index contributed by atoms with van der Waals surface area (Å²) < 4.78 is 32.3. The molecule has 0 saturated heterocycles. The molecule has 0 amide bonds. The lowest BCUT2D eigenvalue weighted by molar-refractivity contribution is 0.0734. The van der Waals surface area contributed by atoms with E-state index in [1.54, 1.807) is 12.1 Å². The third kappa shape index (κ3) is 5.80. The Bertz CT molecular complexity index is 1070. The maximum atomic E-state index is 13.6. The highest BCUT2D eigenvalue weighted by molar-refractivity contribution is 6.30. The molecule has 4 rings (SSSR count). The second kappa shape index (κ2) is 10.5. The molecule has 0 aliphatic heterocycles. The number of hydrogen-bond donors (Lipinski definition) is 0. The van der Waals surface area contributed by atoms with Gasteiger partial charge in [0.05, 0.1) is 5.56 Å². The van der Waals surface area contributed by atoms with E-state index in [0.29, 0.717) is 17.4 Å². The molecule has 1 aliphatic rings. The summed E-state index contributed by atoms with van der Waals surface area (Å²) in [5.41, 5.74) is 2.95. The molecule has 33 heavy (non-hydrogen) atoms. The summed E-state index contributed by atoms with van der Waals surface area (Å²) in [6, 6.07) is 19.8. The number of carbonyl (C=O) groups excluding carboxylic acids is 1. The van der Waals surface area contributed by atoms with Gasteiger partial charge in [-0.2, -0.15) is 0 Å². The summed E-state index contributed by atoms with van der Waals surface area (Å²) in [5.74, 6) is -1.02. The van der Waals surface area contributed by atoms with Crippen LogP contribution in [0.4, 0.5) is 8.78 Å². The molecule has 0 radical (unpaired) electrons. The van der Waals surface area contributed by atoms with Crippen LogP contribution in [0, 0.1) is 17.6 Å². The number of rotatable bonds is 6.